The molecule has 1 fully saturated rings. The lowest BCUT2D eigenvalue weighted by Gasteiger charge is -2.26. The van der Waals surface area contributed by atoms with Crippen molar-refractivity contribution >= 4 is 6.03 Å². The van der Waals surface area contributed by atoms with Gasteiger partial charge in [-0.3, -0.25) is 9.88 Å². The van der Waals surface area contributed by atoms with Gasteiger partial charge >= 0.3 is 6.03 Å². The number of hydrogen-bond acceptors (Lipinski definition) is 3. The van der Waals surface area contributed by atoms with Gasteiger partial charge in [0.25, 0.3) is 0 Å². The van der Waals surface area contributed by atoms with Crippen LogP contribution in [-0.4, -0.2) is 47.0 Å². The predicted molar refractivity (Wildman–Crippen MR) is 108 cm³/mol. The normalized spacial score (nSPS) is 16.6. The van der Waals surface area contributed by atoms with Crippen LogP contribution in [0.15, 0.2) is 54.7 Å². The van der Waals surface area contributed by atoms with Crippen LogP contribution in [0.5, 0.6) is 0 Å². The van der Waals surface area contributed by atoms with E-state index in [1.54, 1.807) is 0 Å². The van der Waals surface area contributed by atoms with E-state index in [9.17, 15) is 4.79 Å². The number of pyridine rings is 1. The zero-order valence-electron chi connectivity index (χ0n) is 16.2. The topological polar surface area (TPSA) is 48.5 Å². The number of nitrogens with zero attached hydrogens (tertiary/aromatic N) is 3. The van der Waals surface area contributed by atoms with Crippen molar-refractivity contribution in [3.8, 4) is 0 Å². The van der Waals surface area contributed by atoms with Gasteiger partial charge < -0.3 is 10.2 Å². The molecule has 5 heteroatoms. The second-order valence-corrected chi connectivity index (χ2v) is 7.14. The monoisotopic (exact) mass is 366 g/mol. The first-order valence-electron chi connectivity index (χ1n) is 9.99. The first-order valence-corrected chi connectivity index (χ1v) is 9.99. The van der Waals surface area contributed by atoms with E-state index in [0.29, 0.717) is 0 Å². The molecule has 1 aliphatic heterocycles. The maximum atomic E-state index is 12.9. The van der Waals surface area contributed by atoms with Crippen LogP contribution < -0.4 is 5.32 Å². The van der Waals surface area contributed by atoms with Gasteiger partial charge in [-0.25, -0.2) is 4.79 Å². The number of rotatable bonds is 6. The highest BCUT2D eigenvalue weighted by Crippen LogP contribution is 2.19. The van der Waals surface area contributed by atoms with Crippen molar-refractivity contribution < 1.29 is 4.79 Å². The second-order valence-electron chi connectivity index (χ2n) is 7.14. The smallest absolute Gasteiger partial charge is 0.317 e. The summed E-state index contributed by atoms with van der Waals surface area (Å²) in [6, 6.07) is 16.4. The van der Waals surface area contributed by atoms with Gasteiger partial charge in [-0.2, -0.15) is 0 Å². The number of hydrogen-bond donors (Lipinski definition) is 1. The van der Waals surface area contributed by atoms with E-state index in [-0.39, 0.29) is 12.1 Å². The fourth-order valence-corrected chi connectivity index (χ4v) is 3.59. The molecular weight excluding hydrogens is 336 g/mol. The van der Waals surface area contributed by atoms with Crippen molar-refractivity contribution in [2.24, 2.45) is 0 Å². The Morgan fingerprint density at radius 1 is 1.07 bits per heavy atom. The minimum atomic E-state index is 0.0528. The Morgan fingerprint density at radius 2 is 1.89 bits per heavy atom. The summed E-state index contributed by atoms with van der Waals surface area (Å²) in [6.45, 7) is 6.44. The molecule has 144 valence electrons. The first-order chi connectivity index (χ1) is 13.3. The largest absolute Gasteiger partial charge is 0.331 e. The zero-order valence-corrected chi connectivity index (χ0v) is 16.2. The van der Waals surface area contributed by atoms with Crippen LogP contribution in [0.25, 0.3) is 0 Å². The lowest BCUT2D eigenvalue weighted by molar-refractivity contribution is 0.193. The third-order valence-electron chi connectivity index (χ3n) is 5.06. The molecule has 1 aromatic carbocycles. The summed E-state index contributed by atoms with van der Waals surface area (Å²) in [6.07, 6.45) is 4.82. The molecule has 0 radical (unpaired) electrons. The summed E-state index contributed by atoms with van der Waals surface area (Å²) < 4.78 is 0. The summed E-state index contributed by atoms with van der Waals surface area (Å²) in [4.78, 5) is 21.6. The van der Waals surface area contributed by atoms with Gasteiger partial charge in [0.15, 0.2) is 0 Å². The molecule has 0 spiro atoms. The van der Waals surface area contributed by atoms with Crippen molar-refractivity contribution in [3.63, 3.8) is 0 Å². The lowest BCUT2D eigenvalue weighted by Crippen LogP contribution is -2.43. The fourth-order valence-electron chi connectivity index (χ4n) is 3.59. The molecule has 2 heterocycles. The Morgan fingerprint density at radius 3 is 2.63 bits per heavy atom. The van der Waals surface area contributed by atoms with Crippen LogP contribution in [0.3, 0.4) is 0 Å². The molecule has 0 saturated carbocycles. The summed E-state index contributed by atoms with van der Waals surface area (Å²) in [5.41, 5.74) is 2.27. The SMILES string of the molecule is CCC[C@@H](NC(=O)N1CCCN(Cc2ccccn2)CC1)c1ccccc1. The molecule has 3 rings (SSSR count). The van der Waals surface area contributed by atoms with Crippen LogP contribution in [0.2, 0.25) is 0 Å². The minimum absolute atomic E-state index is 0.0528. The van der Waals surface area contributed by atoms with Crippen LogP contribution in [0, 0.1) is 0 Å². The van der Waals surface area contributed by atoms with E-state index >= 15 is 0 Å². The standard InChI is InChI=1S/C22H30N4O/c1-2-9-21(19-10-4-3-5-11-19)24-22(27)26-15-8-14-25(16-17-26)18-20-12-6-7-13-23-20/h3-7,10-13,21H,2,8-9,14-18H2,1H3,(H,24,27)/t21-/m1/s1. The molecule has 0 aliphatic carbocycles. The minimum Gasteiger partial charge on any atom is -0.331 e. The van der Waals surface area contributed by atoms with Crippen molar-refractivity contribution in [2.75, 3.05) is 26.2 Å². The fraction of sp³-hybridized carbons (Fsp3) is 0.455. The van der Waals surface area contributed by atoms with E-state index < -0.39 is 0 Å². The summed E-state index contributed by atoms with van der Waals surface area (Å²) in [5, 5.41) is 3.25. The van der Waals surface area contributed by atoms with Crippen LogP contribution in [0.4, 0.5) is 4.79 Å². The van der Waals surface area contributed by atoms with E-state index in [2.05, 4.69) is 40.3 Å². The van der Waals surface area contributed by atoms with Gasteiger partial charge in [-0.05, 0) is 30.5 Å². The van der Waals surface area contributed by atoms with Crippen molar-refractivity contribution in [1.82, 2.24) is 20.1 Å². The highest BCUT2D eigenvalue weighted by molar-refractivity contribution is 5.74. The highest BCUT2D eigenvalue weighted by atomic mass is 16.2. The highest BCUT2D eigenvalue weighted by Gasteiger charge is 2.22. The third-order valence-corrected chi connectivity index (χ3v) is 5.06. The molecule has 5 nitrogen and oxygen atoms in total. The Hall–Kier alpha value is -2.40. The molecule has 2 aromatic rings. The van der Waals surface area contributed by atoms with E-state index in [1.165, 1.54) is 5.56 Å². The van der Waals surface area contributed by atoms with E-state index in [4.69, 9.17) is 0 Å². The molecule has 1 N–H and O–H groups in total. The third kappa shape index (κ3) is 5.79. The summed E-state index contributed by atoms with van der Waals surface area (Å²) in [5.74, 6) is 0. The van der Waals surface area contributed by atoms with E-state index in [1.807, 2.05) is 41.4 Å². The molecule has 1 aromatic heterocycles. The van der Waals surface area contributed by atoms with Crippen molar-refractivity contribution in [3.05, 3.63) is 66.0 Å². The molecular formula is C22H30N4O. The Labute approximate surface area is 162 Å². The van der Waals surface area contributed by atoms with Crippen molar-refractivity contribution in [2.45, 2.75) is 38.8 Å². The maximum absolute atomic E-state index is 12.9. The summed E-state index contributed by atoms with van der Waals surface area (Å²) >= 11 is 0. The second kappa shape index (κ2) is 10.1. The van der Waals surface area contributed by atoms with Gasteiger partial charge in [-0.1, -0.05) is 49.7 Å². The molecule has 1 saturated heterocycles. The first kappa shape index (κ1) is 19.4. The number of benzene rings is 1. The molecule has 0 unspecified atom stereocenters. The lowest BCUT2D eigenvalue weighted by atomic mass is 10.0. The number of nitrogens with one attached hydrogen (secondary N) is 1. The molecule has 2 amide bonds. The maximum Gasteiger partial charge on any atom is 0.317 e. The average molecular weight is 367 g/mol. The van der Waals surface area contributed by atoms with E-state index in [0.717, 1.165) is 57.7 Å². The quantitative estimate of drug-likeness (QED) is 0.845. The van der Waals surface area contributed by atoms with Gasteiger partial charge in [-0.15, -0.1) is 0 Å². The van der Waals surface area contributed by atoms with Gasteiger partial charge in [0.05, 0.1) is 11.7 Å². The Bertz CT molecular complexity index is 692. The van der Waals surface area contributed by atoms with Crippen molar-refractivity contribution in [1.29, 1.82) is 0 Å². The number of amides is 2. The molecule has 1 atom stereocenters. The van der Waals surface area contributed by atoms with Crippen LogP contribution in [0.1, 0.15) is 43.5 Å². The van der Waals surface area contributed by atoms with Crippen LogP contribution >= 0.6 is 0 Å². The number of carbonyl (C=O) groups excluding carboxylic acids is 1. The van der Waals surface area contributed by atoms with Gasteiger partial charge in [0.2, 0.25) is 0 Å². The predicted octanol–water partition coefficient (Wildman–Crippen LogP) is 3.84. The Kier molecular flexibility index (Phi) is 7.22. The number of urea groups is 1. The van der Waals surface area contributed by atoms with Gasteiger partial charge in [0.1, 0.15) is 0 Å². The number of carbonyl (C=O) groups is 1. The molecule has 0 bridgehead atoms. The molecule has 1 aliphatic rings. The zero-order chi connectivity index (χ0) is 18.9. The Balaban J connectivity index is 1.55. The van der Waals surface area contributed by atoms with Crippen LogP contribution in [-0.2, 0) is 6.54 Å². The number of aromatic nitrogens is 1. The summed E-state index contributed by atoms with van der Waals surface area (Å²) in [7, 11) is 0. The average Bonchev–Trinajstić information content (AvgIpc) is 2.95. The van der Waals surface area contributed by atoms with Gasteiger partial charge in [0, 0.05) is 38.9 Å². The molecule has 27 heavy (non-hydrogen) atoms.